The molecule has 374 valence electrons. The van der Waals surface area contributed by atoms with Crippen molar-refractivity contribution >= 4 is 5.91 Å². The van der Waals surface area contributed by atoms with Gasteiger partial charge in [-0.05, 0) is 140 Å². The highest BCUT2D eigenvalue weighted by atomic mass is 16.3. The standard InChI is InChI=1S/C54H77N9O6/c55-25-2-1-3-44(60-35-46(29-40-8-18-51(66)19-9-40)59-32-43(56)27-38-4-14-49(64)15-5-38)34-61-47(30-41-10-20-52(67)21-11-41)37-63-48(31-42-12-22-53(68)23-13-42)36-62-45(33-58-26-24-54(57)69)28-39-6-16-50(65)17-7-39/h4-23,43-48,58-68H,1-3,24-37,55-56H2,(H2,57,69)/t43-,44-,45-,46-,47-,48-/m0/s1. The largest absolute Gasteiger partial charge is 0.508 e. The summed E-state index contributed by atoms with van der Waals surface area (Å²) >= 11 is 0. The maximum atomic E-state index is 11.5. The van der Waals surface area contributed by atoms with Crippen molar-refractivity contribution in [3.63, 3.8) is 0 Å². The van der Waals surface area contributed by atoms with Crippen LogP contribution in [0.3, 0.4) is 0 Å². The monoisotopic (exact) mass is 948 g/mol. The third-order valence-electron chi connectivity index (χ3n) is 12.3. The van der Waals surface area contributed by atoms with Crippen LogP contribution < -0.4 is 49.1 Å². The van der Waals surface area contributed by atoms with Gasteiger partial charge in [0.25, 0.3) is 0 Å². The molecule has 5 aromatic rings. The van der Waals surface area contributed by atoms with Gasteiger partial charge in [0.2, 0.25) is 5.91 Å². The number of nitrogens with one attached hydrogen (secondary N) is 6. The fourth-order valence-corrected chi connectivity index (χ4v) is 8.39. The number of benzene rings is 5. The summed E-state index contributed by atoms with van der Waals surface area (Å²) in [5.41, 5.74) is 23.4. The van der Waals surface area contributed by atoms with Gasteiger partial charge in [0.15, 0.2) is 0 Å². The SMILES string of the molecule is NCCCC[C@@H](CN[C@H](CN[C@H](CN[C@H](CNCCC(N)=O)Cc1ccc(O)cc1)Cc1ccc(O)cc1)Cc1ccc(O)cc1)NC[C@H](Cc1ccc(O)cc1)NC[C@@H](N)Cc1ccc(O)cc1. The first-order valence-corrected chi connectivity index (χ1v) is 24.4. The zero-order chi connectivity index (χ0) is 49.2. The number of hydrogen-bond acceptors (Lipinski definition) is 14. The van der Waals surface area contributed by atoms with Crippen molar-refractivity contribution < 1.29 is 30.3 Å². The normalized spacial score (nSPS) is 14.2. The molecule has 1 amide bonds. The lowest BCUT2D eigenvalue weighted by molar-refractivity contribution is -0.117. The number of unbranched alkanes of at least 4 members (excludes halogenated alkanes) is 1. The molecule has 0 radical (unpaired) electrons. The molecule has 0 aromatic heterocycles. The molecule has 0 saturated carbocycles. The fraction of sp³-hybridized carbons (Fsp3) is 0.426. The predicted octanol–water partition coefficient (Wildman–Crippen LogP) is 3.44. The Morgan fingerprint density at radius 1 is 0.420 bits per heavy atom. The highest BCUT2D eigenvalue weighted by Crippen LogP contribution is 2.17. The molecular weight excluding hydrogens is 871 g/mol. The maximum Gasteiger partial charge on any atom is 0.218 e. The van der Waals surface area contributed by atoms with Crippen molar-refractivity contribution in [3.8, 4) is 28.7 Å². The summed E-state index contributed by atoms with van der Waals surface area (Å²) in [5.74, 6) is 0.728. The van der Waals surface area contributed by atoms with Gasteiger partial charge >= 0.3 is 0 Å². The molecule has 5 rings (SSSR count). The van der Waals surface area contributed by atoms with Gasteiger partial charge in [-0.3, -0.25) is 4.79 Å². The molecule has 17 N–H and O–H groups in total. The van der Waals surface area contributed by atoms with Crippen LogP contribution >= 0.6 is 0 Å². The molecule has 6 atom stereocenters. The Morgan fingerprint density at radius 2 is 0.725 bits per heavy atom. The Hall–Kier alpha value is -5.75. The number of aromatic hydroxyl groups is 5. The van der Waals surface area contributed by atoms with Gasteiger partial charge in [-0.25, -0.2) is 0 Å². The molecule has 0 unspecified atom stereocenters. The van der Waals surface area contributed by atoms with Crippen molar-refractivity contribution in [2.75, 3.05) is 52.4 Å². The molecule has 15 heteroatoms. The quantitative estimate of drug-likeness (QED) is 0.0264. The van der Waals surface area contributed by atoms with Gasteiger partial charge in [-0.15, -0.1) is 0 Å². The van der Waals surface area contributed by atoms with E-state index in [-0.39, 0.29) is 77.3 Å². The lowest BCUT2D eigenvalue weighted by Gasteiger charge is -2.29. The Balaban J connectivity index is 1.30. The van der Waals surface area contributed by atoms with Crippen molar-refractivity contribution in [3.05, 3.63) is 149 Å². The van der Waals surface area contributed by atoms with E-state index >= 15 is 0 Å². The first kappa shape index (κ1) is 54.2. The van der Waals surface area contributed by atoms with E-state index in [1.165, 1.54) is 0 Å². The summed E-state index contributed by atoms with van der Waals surface area (Å²) in [6.45, 7) is 4.88. The Kier molecular flexibility index (Phi) is 23.6. The third kappa shape index (κ3) is 22.0. The zero-order valence-electron chi connectivity index (χ0n) is 39.9. The Labute approximate surface area is 408 Å². The smallest absolute Gasteiger partial charge is 0.218 e. The van der Waals surface area contributed by atoms with E-state index in [0.717, 1.165) is 53.5 Å². The van der Waals surface area contributed by atoms with Crippen LogP contribution in [0.15, 0.2) is 121 Å². The van der Waals surface area contributed by atoms with Crippen molar-refractivity contribution in [1.82, 2.24) is 31.9 Å². The number of nitrogens with two attached hydrogens (primary N) is 3. The first-order chi connectivity index (χ1) is 33.4. The molecule has 0 saturated heterocycles. The molecule has 0 bridgehead atoms. The van der Waals surface area contributed by atoms with E-state index in [1.54, 1.807) is 60.7 Å². The second-order valence-electron chi connectivity index (χ2n) is 18.3. The van der Waals surface area contributed by atoms with Gasteiger partial charge in [-0.2, -0.15) is 0 Å². The average Bonchev–Trinajstić information content (AvgIpc) is 3.33. The minimum absolute atomic E-state index is 0.000156. The van der Waals surface area contributed by atoms with Crippen molar-refractivity contribution in [1.29, 1.82) is 0 Å². The van der Waals surface area contributed by atoms with E-state index in [9.17, 15) is 30.3 Å². The Bertz CT molecular complexity index is 2160. The van der Waals surface area contributed by atoms with Crippen LogP contribution in [-0.4, -0.2) is 120 Å². The van der Waals surface area contributed by atoms with Gasteiger partial charge in [0, 0.05) is 88.5 Å². The summed E-state index contributed by atoms with van der Waals surface area (Å²) in [6.07, 6.45) is 6.52. The van der Waals surface area contributed by atoms with Crippen LogP contribution in [0.4, 0.5) is 0 Å². The minimum Gasteiger partial charge on any atom is -0.508 e. The molecule has 0 spiro atoms. The number of carbonyl (C=O) groups excluding carboxylic acids is 1. The number of rotatable bonds is 34. The highest BCUT2D eigenvalue weighted by Gasteiger charge is 2.21. The van der Waals surface area contributed by atoms with Crippen LogP contribution in [-0.2, 0) is 36.9 Å². The summed E-state index contributed by atoms with van der Waals surface area (Å²) in [6, 6.07) is 36.4. The number of phenolic OH excluding ortho intramolecular Hbond substituents is 5. The molecule has 0 heterocycles. The molecular formula is C54H77N9O6. The first-order valence-electron chi connectivity index (χ1n) is 24.4. The van der Waals surface area contributed by atoms with Crippen molar-refractivity contribution in [2.24, 2.45) is 17.2 Å². The van der Waals surface area contributed by atoms with E-state index in [1.807, 2.05) is 60.7 Å². The lowest BCUT2D eigenvalue weighted by atomic mass is 10.0. The lowest BCUT2D eigenvalue weighted by Crippen LogP contribution is -2.53. The molecule has 15 nitrogen and oxygen atoms in total. The van der Waals surface area contributed by atoms with E-state index in [2.05, 4.69) is 31.9 Å². The maximum absolute atomic E-state index is 11.5. The summed E-state index contributed by atoms with van der Waals surface area (Å²) in [7, 11) is 0. The van der Waals surface area contributed by atoms with Gasteiger partial charge in [0.1, 0.15) is 28.7 Å². The molecule has 0 fully saturated rings. The number of amides is 1. The zero-order valence-corrected chi connectivity index (χ0v) is 39.9. The van der Waals surface area contributed by atoms with Gasteiger partial charge < -0.3 is 74.6 Å². The van der Waals surface area contributed by atoms with E-state index < -0.39 is 0 Å². The average molecular weight is 948 g/mol. The van der Waals surface area contributed by atoms with Crippen LogP contribution in [0.25, 0.3) is 0 Å². The van der Waals surface area contributed by atoms with Crippen LogP contribution in [0.1, 0.15) is 53.5 Å². The predicted molar refractivity (Wildman–Crippen MR) is 276 cm³/mol. The van der Waals surface area contributed by atoms with E-state index in [0.29, 0.717) is 78.0 Å². The number of hydrogen-bond donors (Lipinski definition) is 14. The van der Waals surface area contributed by atoms with Crippen molar-refractivity contribution in [2.45, 2.75) is 94.0 Å². The van der Waals surface area contributed by atoms with E-state index in [4.69, 9.17) is 17.2 Å². The molecule has 5 aromatic carbocycles. The molecule has 0 aliphatic rings. The second kappa shape index (κ2) is 30.0. The van der Waals surface area contributed by atoms with Gasteiger partial charge in [-0.1, -0.05) is 67.1 Å². The summed E-state index contributed by atoms with van der Waals surface area (Å²) in [5, 5.41) is 72.4. The number of primary amides is 1. The third-order valence-corrected chi connectivity index (χ3v) is 12.3. The summed E-state index contributed by atoms with van der Waals surface area (Å²) < 4.78 is 0. The van der Waals surface area contributed by atoms with Gasteiger partial charge in [0.05, 0.1) is 0 Å². The molecule has 69 heavy (non-hydrogen) atoms. The number of carbonyl (C=O) groups is 1. The second-order valence-corrected chi connectivity index (χ2v) is 18.3. The van der Waals surface area contributed by atoms with Crippen LogP contribution in [0.5, 0.6) is 28.7 Å². The molecule has 0 aliphatic heterocycles. The number of phenols is 5. The fourth-order valence-electron chi connectivity index (χ4n) is 8.39. The molecule has 0 aliphatic carbocycles. The van der Waals surface area contributed by atoms with Crippen LogP contribution in [0.2, 0.25) is 0 Å². The summed E-state index contributed by atoms with van der Waals surface area (Å²) in [4.78, 5) is 11.5. The topological polar surface area (TPSA) is 268 Å². The Morgan fingerprint density at radius 3 is 1.07 bits per heavy atom. The van der Waals surface area contributed by atoms with Crippen LogP contribution in [0, 0.1) is 0 Å². The minimum atomic E-state index is -0.358. The highest BCUT2D eigenvalue weighted by molar-refractivity contribution is 5.73.